The van der Waals surface area contributed by atoms with Crippen LogP contribution in [0.1, 0.15) is 11.1 Å². The first kappa shape index (κ1) is 16.2. The summed E-state index contributed by atoms with van der Waals surface area (Å²) in [5.74, 6) is -0.653. The molecule has 0 spiro atoms. The lowest BCUT2D eigenvalue weighted by Gasteiger charge is -2.08. The molecule has 0 unspecified atom stereocenters. The minimum Gasteiger partial charge on any atom is -0.423 e. The average molecular weight is 346 g/mol. The third-order valence-electron chi connectivity index (χ3n) is 3.54. The molecule has 3 aromatic rings. The van der Waals surface area contributed by atoms with Crippen LogP contribution in [0.5, 0.6) is 0 Å². The number of rotatable bonds is 4. The predicted octanol–water partition coefficient (Wildman–Crippen LogP) is 3.44. The van der Waals surface area contributed by atoms with Gasteiger partial charge in [0.15, 0.2) is 0 Å². The van der Waals surface area contributed by atoms with Gasteiger partial charge in [-0.2, -0.15) is 0 Å². The minimum absolute atomic E-state index is 0.109. The van der Waals surface area contributed by atoms with Gasteiger partial charge in [-0.1, -0.05) is 23.7 Å². The summed E-state index contributed by atoms with van der Waals surface area (Å²) in [6.45, 7) is 0.109. The second-order valence-electron chi connectivity index (χ2n) is 5.31. The van der Waals surface area contributed by atoms with Gasteiger partial charge in [0.05, 0.1) is 6.42 Å². The number of halogens is 2. The van der Waals surface area contributed by atoms with Crippen LogP contribution in [0.3, 0.4) is 0 Å². The molecule has 6 heteroatoms. The highest BCUT2D eigenvalue weighted by Crippen LogP contribution is 2.18. The maximum absolute atomic E-state index is 13.4. The predicted molar refractivity (Wildman–Crippen MR) is 89.4 cm³/mol. The fourth-order valence-corrected chi connectivity index (χ4v) is 2.52. The molecule has 122 valence electrons. The van der Waals surface area contributed by atoms with E-state index in [9.17, 15) is 14.0 Å². The van der Waals surface area contributed by atoms with E-state index in [4.69, 9.17) is 16.0 Å². The summed E-state index contributed by atoms with van der Waals surface area (Å²) in [6.07, 6.45) is 0.185. The Morgan fingerprint density at radius 3 is 2.62 bits per heavy atom. The van der Waals surface area contributed by atoms with Gasteiger partial charge in [-0.15, -0.1) is 0 Å². The van der Waals surface area contributed by atoms with Gasteiger partial charge in [0.1, 0.15) is 11.4 Å². The SMILES string of the molecule is O=C(Cc1ccc(Cl)cc1)NCc1cc(=O)oc2ccc(F)cc12. The van der Waals surface area contributed by atoms with E-state index in [1.54, 1.807) is 24.3 Å². The zero-order valence-electron chi connectivity index (χ0n) is 12.5. The maximum atomic E-state index is 13.4. The summed E-state index contributed by atoms with van der Waals surface area (Å²) in [4.78, 5) is 23.6. The van der Waals surface area contributed by atoms with Crippen LogP contribution in [-0.4, -0.2) is 5.91 Å². The maximum Gasteiger partial charge on any atom is 0.336 e. The molecule has 3 rings (SSSR count). The van der Waals surface area contributed by atoms with Crippen LogP contribution in [0.2, 0.25) is 5.02 Å². The molecule has 1 amide bonds. The van der Waals surface area contributed by atoms with E-state index in [0.29, 0.717) is 16.0 Å². The largest absolute Gasteiger partial charge is 0.423 e. The number of nitrogens with one attached hydrogen (secondary N) is 1. The molecule has 2 aromatic carbocycles. The molecule has 0 bridgehead atoms. The Balaban J connectivity index is 1.75. The fraction of sp³-hybridized carbons (Fsp3) is 0.111. The van der Waals surface area contributed by atoms with Gasteiger partial charge in [-0.3, -0.25) is 4.79 Å². The normalized spacial score (nSPS) is 10.8. The van der Waals surface area contributed by atoms with Gasteiger partial charge in [-0.25, -0.2) is 9.18 Å². The van der Waals surface area contributed by atoms with E-state index in [2.05, 4.69) is 5.32 Å². The van der Waals surface area contributed by atoms with Crippen LogP contribution in [0.25, 0.3) is 11.0 Å². The van der Waals surface area contributed by atoms with Gasteiger partial charge < -0.3 is 9.73 Å². The molecular formula is C18H13ClFNO3. The van der Waals surface area contributed by atoms with E-state index in [1.165, 1.54) is 24.3 Å². The van der Waals surface area contributed by atoms with Crippen LogP contribution < -0.4 is 10.9 Å². The molecule has 0 fully saturated rings. The van der Waals surface area contributed by atoms with Crippen molar-refractivity contribution in [2.75, 3.05) is 0 Å². The molecule has 0 saturated heterocycles. The Kier molecular flexibility index (Phi) is 4.62. The summed E-state index contributed by atoms with van der Waals surface area (Å²) in [7, 11) is 0. The van der Waals surface area contributed by atoms with Crippen molar-refractivity contribution in [3.8, 4) is 0 Å². The molecule has 0 aliphatic heterocycles. The first-order chi connectivity index (χ1) is 11.5. The quantitative estimate of drug-likeness (QED) is 0.737. The van der Waals surface area contributed by atoms with Crippen molar-refractivity contribution < 1.29 is 13.6 Å². The van der Waals surface area contributed by atoms with E-state index in [-0.39, 0.29) is 24.5 Å². The Morgan fingerprint density at radius 1 is 1.12 bits per heavy atom. The highest BCUT2D eigenvalue weighted by Gasteiger charge is 2.09. The molecular weight excluding hydrogens is 333 g/mol. The van der Waals surface area contributed by atoms with Crippen molar-refractivity contribution >= 4 is 28.5 Å². The van der Waals surface area contributed by atoms with Crippen molar-refractivity contribution in [2.45, 2.75) is 13.0 Å². The summed E-state index contributed by atoms with van der Waals surface area (Å²) < 4.78 is 18.4. The molecule has 0 aliphatic carbocycles. The van der Waals surface area contributed by atoms with Crippen molar-refractivity contribution in [2.24, 2.45) is 0 Å². The summed E-state index contributed by atoms with van der Waals surface area (Å²) in [5.41, 5.74) is 1.06. The molecule has 1 N–H and O–H groups in total. The number of carbonyl (C=O) groups excluding carboxylic acids is 1. The minimum atomic E-state index is -0.545. The standard InChI is InChI=1S/C18H13ClFNO3/c19-13-3-1-11(2-4-13)7-17(22)21-10-12-8-18(23)24-16-6-5-14(20)9-15(12)16/h1-6,8-9H,7,10H2,(H,21,22). The Morgan fingerprint density at radius 2 is 1.88 bits per heavy atom. The van der Waals surface area contributed by atoms with Crippen molar-refractivity contribution in [3.05, 3.63) is 80.9 Å². The van der Waals surface area contributed by atoms with Crippen LogP contribution in [0.15, 0.2) is 57.7 Å². The van der Waals surface area contributed by atoms with E-state index in [1.807, 2.05) is 0 Å². The Hall–Kier alpha value is -2.66. The van der Waals surface area contributed by atoms with Gasteiger partial charge in [0, 0.05) is 23.0 Å². The van der Waals surface area contributed by atoms with E-state index >= 15 is 0 Å². The number of benzene rings is 2. The lowest BCUT2D eigenvalue weighted by Crippen LogP contribution is -2.25. The topological polar surface area (TPSA) is 59.3 Å². The van der Waals surface area contributed by atoms with Crippen LogP contribution >= 0.6 is 11.6 Å². The number of fused-ring (bicyclic) bond motifs is 1. The first-order valence-corrected chi connectivity index (χ1v) is 7.62. The lowest BCUT2D eigenvalue weighted by atomic mass is 10.1. The molecule has 0 atom stereocenters. The molecule has 1 aromatic heterocycles. The molecule has 0 radical (unpaired) electrons. The van der Waals surface area contributed by atoms with Gasteiger partial charge in [-0.05, 0) is 41.5 Å². The average Bonchev–Trinajstić information content (AvgIpc) is 2.55. The number of hydrogen-bond donors (Lipinski definition) is 1. The second kappa shape index (κ2) is 6.84. The van der Waals surface area contributed by atoms with Gasteiger partial charge in [0.25, 0.3) is 0 Å². The number of carbonyl (C=O) groups is 1. The van der Waals surface area contributed by atoms with E-state index in [0.717, 1.165) is 5.56 Å². The third kappa shape index (κ3) is 3.81. The monoisotopic (exact) mass is 345 g/mol. The smallest absolute Gasteiger partial charge is 0.336 e. The molecule has 24 heavy (non-hydrogen) atoms. The summed E-state index contributed by atoms with van der Waals surface area (Å²) in [5, 5.41) is 3.79. The second-order valence-corrected chi connectivity index (χ2v) is 5.75. The number of hydrogen-bond acceptors (Lipinski definition) is 3. The Labute approximate surface area is 141 Å². The third-order valence-corrected chi connectivity index (χ3v) is 3.80. The van der Waals surface area contributed by atoms with Crippen LogP contribution in [0, 0.1) is 5.82 Å². The van der Waals surface area contributed by atoms with Gasteiger partial charge in [0.2, 0.25) is 5.91 Å². The highest BCUT2D eigenvalue weighted by atomic mass is 35.5. The molecule has 0 aliphatic rings. The van der Waals surface area contributed by atoms with Crippen LogP contribution in [-0.2, 0) is 17.8 Å². The first-order valence-electron chi connectivity index (χ1n) is 7.25. The van der Waals surface area contributed by atoms with Crippen molar-refractivity contribution in [1.29, 1.82) is 0 Å². The van der Waals surface area contributed by atoms with Crippen LogP contribution in [0.4, 0.5) is 4.39 Å². The molecule has 4 nitrogen and oxygen atoms in total. The Bertz CT molecular complexity index is 951. The van der Waals surface area contributed by atoms with Crippen molar-refractivity contribution in [1.82, 2.24) is 5.32 Å². The van der Waals surface area contributed by atoms with Crippen molar-refractivity contribution in [3.63, 3.8) is 0 Å². The fourth-order valence-electron chi connectivity index (χ4n) is 2.39. The molecule has 1 heterocycles. The zero-order chi connectivity index (χ0) is 17.1. The summed E-state index contributed by atoms with van der Waals surface area (Å²) in [6, 6.07) is 12.1. The lowest BCUT2D eigenvalue weighted by molar-refractivity contribution is -0.120. The summed E-state index contributed by atoms with van der Waals surface area (Å²) >= 11 is 5.80. The number of amides is 1. The molecule has 0 saturated carbocycles. The highest BCUT2D eigenvalue weighted by molar-refractivity contribution is 6.30. The van der Waals surface area contributed by atoms with Gasteiger partial charge >= 0.3 is 5.63 Å². The van der Waals surface area contributed by atoms with E-state index < -0.39 is 11.4 Å². The zero-order valence-corrected chi connectivity index (χ0v) is 13.3.